The van der Waals surface area contributed by atoms with Crippen molar-refractivity contribution >= 4 is 0 Å². The summed E-state index contributed by atoms with van der Waals surface area (Å²) in [6.45, 7) is 3.88. The minimum absolute atomic E-state index is 0.00352. The van der Waals surface area contributed by atoms with E-state index < -0.39 is 0 Å². The van der Waals surface area contributed by atoms with Gasteiger partial charge >= 0.3 is 0 Å². The second-order valence-electron chi connectivity index (χ2n) is 3.56. The molecular weight excluding hydrogens is 166 g/mol. The zero-order chi connectivity index (χ0) is 9.26. The molecule has 2 unspecified atom stereocenters. The molecule has 4 nitrogen and oxygen atoms in total. The van der Waals surface area contributed by atoms with E-state index in [2.05, 4.69) is 10.3 Å². The Morgan fingerprint density at radius 2 is 2.62 bits per heavy atom. The van der Waals surface area contributed by atoms with Crippen molar-refractivity contribution in [3.63, 3.8) is 0 Å². The molecule has 1 aromatic heterocycles. The lowest BCUT2D eigenvalue weighted by Gasteiger charge is -2.14. The molecule has 13 heavy (non-hydrogen) atoms. The van der Waals surface area contributed by atoms with Gasteiger partial charge in [-0.25, -0.2) is 4.98 Å². The SMILES string of the molecule is Cc1ncc(C(N)C2CCNC2)o1. The highest BCUT2D eigenvalue weighted by molar-refractivity contribution is 5.02. The van der Waals surface area contributed by atoms with Crippen molar-refractivity contribution in [1.82, 2.24) is 10.3 Å². The highest BCUT2D eigenvalue weighted by Gasteiger charge is 2.25. The number of aromatic nitrogens is 1. The smallest absolute Gasteiger partial charge is 0.191 e. The minimum atomic E-state index is -0.00352. The van der Waals surface area contributed by atoms with Gasteiger partial charge in [0.05, 0.1) is 12.2 Å². The van der Waals surface area contributed by atoms with E-state index in [4.69, 9.17) is 10.2 Å². The molecule has 4 heteroatoms. The van der Waals surface area contributed by atoms with Crippen LogP contribution in [0.15, 0.2) is 10.6 Å². The quantitative estimate of drug-likeness (QED) is 0.701. The predicted octanol–water partition coefficient (Wildman–Crippen LogP) is 0.592. The Balaban J connectivity index is 2.07. The summed E-state index contributed by atoms with van der Waals surface area (Å²) >= 11 is 0. The van der Waals surface area contributed by atoms with Crippen molar-refractivity contribution in [3.05, 3.63) is 17.8 Å². The van der Waals surface area contributed by atoms with Gasteiger partial charge in [-0.05, 0) is 25.4 Å². The molecule has 1 saturated heterocycles. The second-order valence-corrected chi connectivity index (χ2v) is 3.56. The number of nitrogens with one attached hydrogen (secondary N) is 1. The van der Waals surface area contributed by atoms with Crippen LogP contribution in [0.4, 0.5) is 0 Å². The molecule has 1 fully saturated rings. The summed E-state index contributed by atoms with van der Waals surface area (Å²) in [5.41, 5.74) is 6.04. The lowest BCUT2D eigenvalue weighted by atomic mass is 9.98. The van der Waals surface area contributed by atoms with Crippen LogP contribution in [0.1, 0.15) is 24.1 Å². The molecule has 1 aromatic rings. The zero-order valence-corrected chi connectivity index (χ0v) is 7.79. The van der Waals surface area contributed by atoms with Crippen molar-refractivity contribution in [2.75, 3.05) is 13.1 Å². The maximum atomic E-state index is 6.04. The molecule has 0 radical (unpaired) electrons. The summed E-state index contributed by atoms with van der Waals surface area (Å²) in [5.74, 6) is 2.00. The topological polar surface area (TPSA) is 64.1 Å². The molecule has 72 valence electrons. The maximum Gasteiger partial charge on any atom is 0.191 e. The first kappa shape index (κ1) is 8.72. The monoisotopic (exact) mass is 181 g/mol. The summed E-state index contributed by atoms with van der Waals surface area (Å²) in [6.07, 6.45) is 2.86. The fourth-order valence-electron chi connectivity index (χ4n) is 1.75. The van der Waals surface area contributed by atoms with Gasteiger partial charge in [-0.15, -0.1) is 0 Å². The first-order valence-corrected chi connectivity index (χ1v) is 4.66. The van der Waals surface area contributed by atoms with Crippen molar-refractivity contribution in [2.24, 2.45) is 11.7 Å². The first-order chi connectivity index (χ1) is 6.27. The van der Waals surface area contributed by atoms with Crippen molar-refractivity contribution < 1.29 is 4.42 Å². The van der Waals surface area contributed by atoms with Crippen LogP contribution in [0.5, 0.6) is 0 Å². The number of oxazole rings is 1. The zero-order valence-electron chi connectivity index (χ0n) is 7.79. The van der Waals surface area contributed by atoms with E-state index >= 15 is 0 Å². The number of hydrogen-bond donors (Lipinski definition) is 2. The Hall–Kier alpha value is -0.870. The molecule has 0 spiro atoms. The Labute approximate surface area is 77.5 Å². The molecule has 1 aliphatic rings. The third-order valence-corrected chi connectivity index (χ3v) is 2.57. The van der Waals surface area contributed by atoms with Crippen LogP contribution < -0.4 is 11.1 Å². The Bertz CT molecular complexity index is 278. The second kappa shape index (κ2) is 3.47. The predicted molar refractivity (Wildman–Crippen MR) is 49.1 cm³/mol. The van der Waals surface area contributed by atoms with Crippen LogP contribution in [-0.4, -0.2) is 18.1 Å². The highest BCUT2D eigenvalue weighted by Crippen LogP contribution is 2.24. The van der Waals surface area contributed by atoms with Gasteiger partial charge in [-0.2, -0.15) is 0 Å². The van der Waals surface area contributed by atoms with Gasteiger partial charge in [0, 0.05) is 6.92 Å². The van der Waals surface area contributed by atoms with E-state index in [1.165, 1.54) is 0 Å². The Morgan fingerprint density at radius 3 is 3.15 bits per heavy atom. The van der Waals surface area contributed by atoms with Crippen LogP contribution in [0.2, 0.25) is 0 Å². The molecule has 2 atom stereocenters. The van der Waals surface area contributed by atoms with Gasteiger partial charge in [0.15, 0.2) is 5.89 Å². The number of aryl methyl sites for hydroxylation is 1. The molecule has 0 aromatic carbocycles. The van der Waals surface area contributed by atoms with Crippen LogP contribution in [0, 0.1) is 12.8 Å². The maximum absolute atomic E-state index is 6.04. The van der Waals surface area contributed by atoms with Crippen molar-refractivity contribution in [2.45, 2.75) is 19.4 Å². The molecule has 0 aliphatic carbocycles. The average molecular weight is 181 g/mol. The highest BCUT2D eigenvalue weighted by atomic mass is 16.4. The third-order valence-electron chi connectivity index (χ3n) is 2.57. The lowest BCUT2D eigenvalue weighted by molar-refractivity contribution is 0.372. The number of nitrogens with two attached hydrogens (primary N) is 1. The summed E-state index contributed by atoms with van der Waals surface area (Å²) in [4.78, 5) is 4.04. The number of hydrogen-bond acceptors (Lipinski definition) is 4. The van der Waals surface area contributed by atoms with E-state index in [0.29, 0.717) is 11.8 Å². The van der Waals surface area contributed by atoms with Crippen LogP contribution in [0.25, 0.3) is 0 Å². The fourth-order valence-corrected chi connectivity index (χ4v) is 1.75. The average Bonchev–Trinajstić information content (AvgIpc) is 2.72. The molecule has 0 saturated carbocycles. The van der Waals surface area contributed by atoms with Crippen LogP contribution in [0.3, 0.4) is 0 Å². The van der Waals surface area contributed by atoms with Gasteiger partial charge in [0.2, 0.25) is 0 Å². The molecule has 3 N–H and O–H groups in total. The summed E-state index contributed by atoms with van der Waals surface area (Å²) in [6, 6.07) is -0.00352. The molecular formula is C9H15N3O. The van der Waals surface area contributed by atoms with Gasteiger partial charge < -0.3 is 15.5 Å². The van der Waals surface area contributed by atoms with Crippen LogP contribution >= 0.6 is 0 Å². The standard InChI is InChI=1S/C9H15N3O/c1-6-12-5-8(13-6)9(10)7-2-3-11-4-7/h5,7,9,11H,2-4,10H2,1H3. The van der Waals surface area contributed by atoms with E-state index in [1.54, 1.807) is 6.20 Å². The normalized spacial score (nSPS) is 24.9. The third kappa shape index (κ3) is 1.73. The van der Waals surface area contributed by atoms with Crippen LogP contribution in [-0.2, 0) is 0 Å². The van der Waals surface area contributed by atoms with Crippen molar-refractivity contribution in [3.8, 4) is 0 Å². The molecule has 2 heterocycles. The van der Waals surface area contributed by atoms with Gasteiger partial charge in [-0.1, -0.05) is 0 Å². The van der Waals surface area contributed by atoms with E-state index in [0.717, 1.165) is 25.3 Å². The molecule has 2 rings (SSSR count). The van der Waals surface area contributed by atoms with E-state index in [9.17, 15) is 0 Å². The van der Waals surface area contributed by atoms with Gasteiger partial charge in [0.25, 0.3) is 0 Å². The fraction of sp³-hybridized carbons (Fsp3) is 0.667. The summed E-state index contributed by atoms with van der Waals surface area (Å²) in [7, 11) is 0. The van der Waals surface area contributed by atoms with Crippen molar-refractivity contribution in [1.29, 1.82) is 0 Å². The lowest BCUT2D eigenvalue weighted by Crippen LogP contribution is -2.22. The largest absolute Gasteiger partial charge is 0.444 e. The Morgan fingerprint density at radius 1 is 1.77 bits per heavy atom. The summed E-state index contributed by atoms with van der Waals surface area (Å²) in [5, 5.41) is 3.29. The van der Waals surface area contributed by atoms with E-state index in [1.807, 2.05) is 6.92 Å². The van der Waals surface area contributed by atoms with Gasteiger partial charge in [-0.3, -0.25) is 0 Å². The Kier molecular flexibility index (Phi) is 2.33. The molecule has 0 amide bonds. The number of rotatable bonds is 2. The molecule has 1 aliphatic heterocycles. The first-order valence-electron chi connectivity index (χ1n) is 4.66. The molecule has 0 bridgehead atoms. The van der Waals surface area contributed by atoms with E-state index in [-0.39, 0.29) is 6.04 Å². The number of nitrogens with zero attached hydrogens (tertiary/aromatic N) is 1. The minimum Gasteiger partial charge on any atom is -0.444 e. The summed E-state index contributed by atoms with van der Waals surface area (Å²) < 4.78 is 5.39. The van der Waals surface area contributed by atoms with Gasteiger partial charge in [0.1, 0.15) is 5.76 Å².